The largest absolute Gasteiger partial charge is 0.342 e. The molecule has 6 nitrogen and oxygen atoms in total. The zero-order chi connectivity index (χ0) is 13.8. The third kappa shape index (κ3) is 3.18. The van der Waals surface area contributed by atoms with Crippen LogP contribution in [0.5, 0.6) is 0 Å². The van der Waals surface area contributed by atoms with E-state index in [-0.39, 0.29) is 17.9 Å². The van der Waals surface area contributed by atoms with Gasteiger partial charge >= 0.3 is 6.03 Å². The summed E-state index contributed by atoms with van der Waals surface area (Å²) >= 11 is 0. The van der Waals surface area contributed by atoms with Gasteiger partial charge in [-0.2, -0.15) is 0 Å². The first-order valence-electron chi connectivity index (χ1n) is 7.11. The molecule has 108 valence electrons. The predicted octanol–water partition coefficient (Wildman–Crippen LogP) is -0.142. The van der Waals surface area contributed by atoms with Crippen molar-refractivity contribution in [3.63, 3.8) is 0 Å². The van der Waals surface area contributed by atoms with Crippen molar-refractivity contribution < 1.29 is 9.59 Å². The van der Waals surface area contributed by atoms with E-state index in [0.717, 1.165) is 39.0 Å². The van der Waals surface area contributed by atoms with E-state index in [9.17, 15) is 9.59 Å². The maximum atomic E-state index is 12.2. The van der Waals surface area contributed by atoms with Crippen LogP contribution in [-0.2, 0) is 4.79 Å². The van der Waals surface area contributed by atoms with Crippen LogP contribution in [-0.4, -0.2) is 67.6 Å². The van der Waals surface area contributed by atoms with Crippen LogP contribution < -0.4 is 10.6 Å². The van der Waals surface area contributed by atoms with Crippen LogP contribution in [0.2, 0.25) is 0 Å². The lowest BCUT2D eigenvalue weighted by molar-refractivity contribution is -0.136. The summed E-state index contributed by atoms with van der Waals surface area (Å²) in [7, 11) is 1.86. The first kappa shape index (κ1) is 14.1. The monoisotopic (exact) mass is 268 g/mol. The molecule has 2 fully saturated rings. The van der Waals surface area contributed by atoms with Crippen molar-refractivity contribution >= 4 is 11.9 Å². The van der Waals surface area contributed by atoms with Crippen LogP contribution in [0, 0.1) is 5.92 Å². The Morgan fingerprint density at radius 1 is 1.42 bits per heavy atom. The Kier molecular flexibility index (Phi) is 4.63. The lowest BCUT2D eigenvalue weighted by atomic mass is 10.0. The Morgan fingerprint density at radius 3 is 2.63 bits per heavy atom. The lowest BCUT2D eigenvalue weighted by Crippen LogP contribution is -2.49. The van der Waals surface area contributed by atoms with E-state index in [2.05, 4.69) is 10.6 Å². The normalized spacial score (nSPS) is 22.5. The molecule has 0 saturated carbocycles. The maximum absolute atomic E-state index is 12.2. The highest BCUT2D eigenvalue weighted by molar-refractivity contribution is 5.79. The Balaban J connectivity index is 1.82. The van der Waals surface area contributed by atoms with Gasteiger partial charge in [0, 0.05) is 44.7 Å². The third-order valence-electron chi connectivity index (χ3n) is 4.04. The van der Waals surface area contributed by atoms with Gasteiger partial charge in [-0.3, -0.25) is 4.79 Å². The van der Waals surface area contributed by atoms with Crippen molar-refractivity contribution in [3.05, 3.63) is 0 Å². The van der Waals surface area contributed by atoms with E-state index in [4.69, 9.17) is 0 Å². The molecule has 2 aliphatic heterocycles. The van der Waals surface area contributed by atoms with Crippen molar-refractivity contribution in [1.82, 2.24) is 20.4 Å². The molecule has 3 amide bonds. The summed E-state index contributed by atoms with van der Waals surface area (Å²) in [6, 6.07) is 0.347. The summed E-state index contributed by atoms with van der Waals surface area (Å²) in [6.07, 6.45) is 1.79. The van der Waals surface area contributed by atoms with Gasteiger partial charge in [-0.15, -0.1) is 0 Å². The highest BCUT2D eigenvalue weighted by Crippen LogP contribution is 2.19. The number of carbonyl (C=O) groups excluding carboxylic acids is 2. The number of nitrogens with zero attached hydrogens (tertiary/aromatic N) is 2. The SMILES string of the molecule is CNCC(C)C(=O)N1CCC(N2CCNC2=O)CC1. The number of amides is 3. The fraction of sp³-hybridized carbons (Fsp3) is 0.846. The van der Waals surface area contributed by atoms with E-state index in [1.165, 1.54) is 0 Å². The minimum absolute atomic E-state index is 0.0247. The van der Waals surface area contributed by atoms with Crippen molar-refractivity contribution in [2.45, 2.75) is 25.8 Å². The summed E-state index contributed by atoms with van der Waals surface area (Å²) in [5.41, 5.74) is 0. The Morgan fingerprint density at radius 2 is 2.11 bits per heavy atom. The highest BCUT2D eigenvalue weighted by atomic mass is 16.2. The highest BCUT2D eigenvalue weighted by Gasteiger charge is 2.32. The molecular weight excluding hydrogens is 244 g/mol. The second kappa shape index (κ2) is 6.23. The summed E-state index contributed by atoms with van der Waals surface area (Å²) in [5, 5.41) is 5.87. The van der Waals surface area contributed by atoms with Gasteiger partial charge in [-0.1, -0.05) is 6.92 Å². The smallest absolute Gasteiger partial charge is 0.317 e. The van der Waals surface area contributed by atoms with Crippen LogP contribution >= 0.6 is 0 Å². The summed E-state index contributed by atoms with van der Waals surface area (Å²) < 4.78 is 0. The molecule has 2 heterocycles. The Hall–Kier alpha value is -1.30. The first-order valence-corrected chi connectivity index (χ1v) is 7.11. The predicted molar refractivity (Wildman–Crippen MR) is 72.8 cm³/mol. The van der Waals surface area contributed by atoms with Crippen LogP contribution in [0.1, 0.15) is 19.8 Å². The van der Waals surface area contributed by atoms with E-state index in [1.54, 1.807) is 0 Å². The molecule has 0 aromatic carbocycles. The molecule has 2 rings (SSSR count). The fourth-order valence-electron chi connectivity index (χ4n) is 2.94. The number of rotatable bonds is 4. The van der Waals surface area contributed by atoms with Gasteiger partial charge in [0.25, 0.3) is 0 Å². The second-order valence-corrected chi connectivity index (χ2v) is 5.44. The Bertz CT molecular complexity index is 340. The zero-order valence-corrected chi connectivity index (χ0v) is 11.8. The van der Waals surface area contributed by atoms with Crippen molar-refractivity contribution in [2.24, 2.45) is 5.92 Å². The van der Waals surface area contributed by atoms with Gasteiger partial charge < -0.3 is 20.4 Å². The molecule has 0 radical (unpaired) electrons. The molecule has 0 aliphatic carbocycles. The minimum atomic E-state index is 0.0247. The van der Waals surface area contributed by atoms with E-state index in [0.29, 0.717) is 12.6 Å². The third-order valence-corrected chi connectivity index (χ3v) is 4.04. The molecule has 2 aliphatic rings. The molecule has 6 heteroatoms. The van der Waals surface area contributed by atoms with Crippen molar-refractivity contribution in [2.75, 3.05) is 39.8 Å². The number of piperidine rings is 1. The summed E-state index contributed by atoms with van der Waals surface area (Å²) in [5.74, 6) is 0.246. The summed E-state index contributed by atoms with van der Waals surface area (Å²) in [6.45, 7) is 5.75. The van der Waals surface area contributed by atoms with Gasteiger partial charge in [0.2, 0.25) is 5.91 Å². The molecule has 1 unspecified atom stereocenters. The molecule has 19 heavy (non-hydrogen) atoms. The molecule has 0 spiro atoms. The fourth-order valence-corrected chi connectivity index (χ4v) is 2.94. The minimum Gasteiger partial charge on any atom is -0.342 e. The molecule has 0 aromatic heterocycles. The Labute approximate surface area is 114 Å². The average molecular weight is 268 g/mol. The van der Waals surface area contributed by atoms with Gasteiger partial charge in [0.15, 0.2) is 0 Å². The summed E-state index contributed by atoms with van der Waals surface area (Å²) in [4.78, 5) is 27.6. The average Bonchev–Trinajstić information content (AvgIpc) is 2.84. The number of hydrogen-bond donors (Lipinski definition) is 2. The van der Waals surface area contributed by atoms with E-state index >= 15 is 0 Å². The van der Waals surface area contributed by atoms with Gasteiger partial charge in [0.05, 0.1) is 0 Å². The lowest BCUT2D eigenvalue weighted by Gasteiger charge is -2.37. The van der Waals surface area contributed by atoms with Gasteiger partial charge in [0.1, 0.15) is 0 Å². The molecule has 2 saturated heterocycles. The molecular formula is C13H24N4O2. The number of hydrogen-bond acceptors (Lipinski definition) is 3. The van der Waals surface area contributed by atoms with E-state index in [1.807, 2.05) is 23.8 Å². The van der Waals surface area contributed by atoms with Gasteiger partial charge in [-0.25, -0.2) is 4.79 Å². The molecule has 0 bridgehead atoms. The second-order valence-electron chi connectivity index (χ2n) is 5.44. The molecule has 0 aromatic rings. The van der Waals surface area contributed by atoms with Crippen molar-refractivity contribution in [1.29, 1.82) is 0 Å². The van der Waals surface area contributed by atoms with E-state index < -0.39 is 0 Å². The zero-order valence-electron chi connectivity index (χ0n) is 11.8. The van der Waals surface area contributed by atoms with Crippen LogP contribution in [0.4, 0.5) is 4.79 Å². The van der Waals surface area contributed by atoms with Crippen LogP contribution in [0.3, 0.4) is 0 Å². The number of likely N-dealkylation sites (tertiary alicyclic amines) is 1. The first-order chi connectivity index (χ1) is 9.13. The number of urea groups is 1. The van der Waals surface area contributed by atoms with Crippen LogP contribution in [0.15, 0.2) is 0 Å². The quantitative estimate of drug-likeness (QED) is 0.746. The number of carbonyl (C=O) groups is 2. The molecule has 2 N–H and O–H groups in total. The topological polar surface area (TPSA) is 64.7 Å². The van der Waals surface area contributed by atoms with Gasteiger partial charge in [-0.05, 0) is 19.9 Å². The van der Waals surface area contributed by atoms with Crippen LogP contribution in [0.25, 0.3) is 0 Å². The number of nitrogens with one attached hydrogen (secondary N) is 2. The standard InChI is InChI=1S/C13H24N4O2/c1-10(9-14-2)12(18)16-6-3-11(4-7-16)17-8-5-15-13(17)19/h10-11,14H,3-9H2,1-2H3,(H,15,19). The van der Waals surface area contributed by atoms with Crippen molar-refractivity contribution in [3.8, 4) is 0 Å². The molecule has 1 atom stereocenters. The maximum Gasteiger partial charge on any atom is 0.317 e.